The molecule has 2 aliphatic heterocycles. The van der Waals surface area contributed by atoms with Crippen molar-refractivity contribution in [2.45, 2.75) is 24.3 Å². The van der Waals surface area contributed by atoms with E-state index in [9.17, 15) is 14.0 Å². The molecule has 5 nitrogen and oxygen atoms in total. The van der Waals surface area contributed by atoms with Gasteiger partial charge in [0.15, 0.2) is 4.87 Å². The Morgan fingerprint density at radius 3 is 2.86 bits per heavy atom. The van der Waals surface area contributed by atoms with Crippen molar-refractivity contribution in [2.24, 2.45) is 5.92 Å². The first-order valence-electron chi connectivity index (χ1n) is 9.61. The minimum atomic E-state index is -1.19. The summed E-state index contributed by atoms with van der Waals surface area (Å²) in [5, 5.41) is 9.16. The summed E-state index contributed by atoms with van der Waals surface area (Å²) in [7, 11) is 0. The monoisotopic (exact) mass is 407 g/mol. The van der Waals surface area contributed by atoms with Crippen LogP contribution in [0.15, 0.2) is 42.5 Å². The summed E-state index contributed by atoms with van der Waals surface area (Å²) in [5.41, 5.74) is 2.51. The summed E-state index contributed by atoms with van der Waals surface area (Å²) >= 11 is 1.41. The Labute approximate surface area is 172 Å². The van der Waals surface area contributed by atoms with Crippen LogP contribution in [0.2, 0.25) is 0 Å². The van der Waals surface area contributed by atoms with Crippen LogP contribution in [0.5, 0.6) is 0 Å². The molecule has 0 aromatic heterocycles. The van der Waals surface area contributed by atoms with E-state index in [1.807, 2.05) is 6.07 Å². The molecule has 0 radical (unpaired) electrons. The van der Waals surface area contributed by atoms with Crippen LogP contribution < -0.4 is 4.90 Å². The number of hydrogen-bond donors (Lipinski definition) is 0. The molecule has 3 aliphatic rings. The number of nitriles is 1. The first-order chi connectivity index (χ1) is 14.0. The number of amides is 2. The maximum absolute atomic E-state index is 14.2. The molecule has 7 heteroatoms. The third kappa shape index (κ3) is 2.74. The van der Waals surface area contributed by atoms with Gasteiger partial charge in [0.1, 0.15) is 5.82 Å². The Kier molecular flexibility index (Phi) is 4.14. The van der Waals surface area contributed by atoms with Crippen molar-refractivity contribution in [3.63, 3.8) is 0 Å². The van der Waals surface area contributed by atoms with Crippen molar-refractivity contribution in [1.82, 2.24) is 4.90 Å². The number of nitrogens with zero attached hydrogens (tertiary/aromatic N) is 3. The van der Waals surface area contributed by atoms with E-state index in [1.165, 1.54) is 23.9 Å². The molecule has 1 atom stereocenters. The van der Waals surface area contributed by atoms with Crippen molar-refractivity contribution in [3.05, 3.63) is 65.0 Å². The Balaban J connectivity index is 1.59. The number of carbonyl (C=O) groups is 2. The van der Waals surface area contributed by atoms with Gasteiger partial charge in [0.25, 0.3) is 5.91 Å². The van der Waals surface area contributed by atoms with Gasteiger partial charge < -0.3 is 9.80 Å². The van der Waals surface area contributed by atoms with Crippen LogP contribution >= 0.6 is 11.8 Å². The van der Waals surface area contributed by atoms with Gasteiger partial charge in [-0.1, -0.05) is 12.1 Å². The number of hydrogen-bond acceptors (Lipinski definition) is 4. The highest BCUT2D eigenvalue weighted by Crippen LogP contribution is 2.55. The van der Waals surface area contributed by atoms with Crippen LogP contribution in [0.1, 0.15) is 29.5 Å². The molecule has 2 fully saturated rings. The maximum atomic E-state index is 14.2. The van der Waals surface area contributed by atoms with Gasteiger partial charge in [-0.25, -0.2) is 4.39 Å². The zero-order valence-electron chi connectivity index (χ0n) is 15.6. The SMILES string of the molecule is N#Cc1cccc(CN2C(=O)C3(SCCN3C(=O)C3CC3)c3cc(F)ccc32)c1. The van der Waals surface area contributed by atoms with E-state index in [0.29, 0.717) is 29.1 Å². The van der Waals surface area contributed by atoms with E-state index in [-0.39, 0.29) is 24.3 Å². The number of rotatable bonds is 3. The molecule has 146 valence electrons. The molecule has 1 saturated heterocycles. The summed E-state index contributed by atoms with van der Waals surface area (Å²) in [6.45, 7) is 0.750. The van der Waals surface area contributed by atoms with Crippen LogP contribution in [-0.4, -0.2) is 29.0 Å². The molecule has 2 aromatic carbocycles. The highest BCUT2D eigenvalue weighted by atomic mass is 32.2. The van der Waals surface area contributed by atoms with Crippen LogP contribution in [0.3, 0.4) is 0 Å². The van der Waals surface area contributed by atoms with Crippen molar-refractivity contribution in [2.75, 3.05) is 17.2 Å². The second kappa shape index (κ2) is 6.60. The lowest BCUT2D eigenvalue weighted by atomic mass is 10.0. The average Bonchev–Trinajstić information content (AvgIpc) is 3.45. The zero-order chi connectivity index (χ0) is 20.2. The maximum Gasteiger partial charge on any atom is 0.268 e. The molecule has 0 bridgehead atoms. The zero-order valence-corrected chi connectivity index (χ0v) is 16.4. The number of thioether (sulfide) groups is 1. The van der Waals surface area contributed by atoms with E-state index < -0.39 is 10.7 Å². The summed E-state index contributed by atoms with van der Waals surface area (Å²) in [6, 6.07) is 13.6. The second-order valence-corrected chi connectivity index (χ2v) is 8.91. The smallest absolute Gasteiger partial charge is 0.268 e. The van der Waals surface area contributed by atoms with E-state index in [0.717, 1.165) is 18.4 Å². The van der Waals surface area contributed by atoms with Gasteiger partial charge in [0.2, 0.25) is 5.91 Å². The Bertz CT molecular complexity index is 1080. The van der Waals surface area contributed by atoms with Crippen molar-refractivity contribution < 1.29 is 14.0 Å². The molecule has 1 aliphatic carbocycles. The number of carbonyl (C=O) groups excluding carboxylic acids is 2. The van der Waals surface area contributed by atoms with E-state index in [2.05, 4.69) is 6.07 Å². The Morgan fingerprint density at radius 1 is 1.28 bits per heavy atom. The number of halogens is 1. The summed E-state index contributed by atoms with van der Waals surface area (Å²) in [6.07, 6.45) is 1.70. The minimum Gasteiger partial charge on any atom is -0.315 e. The van der Waals surface area contributed by atoms with Crippen LogP contribution in [0.4, 0.5) is 10.1 Å². The fourth-order valence-electron chi connectivity index (χ4n) is 4.24. The number of benzene rings is 2. The quantitative estimate of drug-likeness (QED) is 0.783. The van der Waals surface area contributed by atoms with E-state index >= 15 is 0 Å². The van der Waals surface area contributed by atoms with E-state index in [1.54, 1.807) is 34.1 Å². The standard InChI is InChI=1S/C22H18FN3O2S/c23-17-6-7-19-18(11-17)22(26(8-9-29-22)20(27)16-4-5-16)21(28)25(19)13-15-3-1-2-14(10-15)12-24/h1-3,6-7,10-11,16H,4-5,8-9,13H2. The summed E-state index contributed by atoms with van der Waals surface area (Å²) in [5.74, 6) is -0.0195. The van der Waals surface area contributed by atoms with Crippen LogP contribution in [-0.2, 0) is 21.0 Å². The molecule has 2 aromatic rings. The highest BCUT2D eigenvalue weighted by molar-refractivity contribution is 8.01. The lowest BCUT2D eigenvalue weighted by Gasteiger charge is -2.33. The molecule has 2 amide bonds. The lowest BCUT2D eigenvalue weighted by molar-refractivity contribution is -0.141. The molecule has 2 heterocycles. The summed E-state index contributed by atoms with van der Waals surface area (Å²) in [4.78, 5) is 28.8. The van der Waals surface area contributed by atoms with Gasteiger partial charge >= 0.3 is 0 Å². The number of fused-ring (bicyclic) bond motifs is 2. The molecular formula is C22H18FN3O2S. The van der Waals surface area contributed by atoms with Crippen molar-refractivity contribution in [3.8, 4) is 6.07 Å². The lowest BCUT2D eigenvalue weighted by Crippen LogP contribution is -2.50. The third-order valence-electron chi connectivity index (χ3n) is 5.74. The molecule has 1 spiro atoms. The molecule has 29 heavy (non-hydrogen) atoms. The van der Waals surface area contributed by atoms with Gasteiger partial charge in [-0.05, 0) is 48.7 Å². The van der Waals surface area contributed by atoms with Crippen molar-refractivity contribution >= 4 is 29.3 Å². The predicted molar refractivity (Wildman–Crippen MR) is 107 cm³/mol. The second-order valence-electron chi connectivity index (χ2n) is 7.62. The highest BCUT2D eigenvalue weighted by Gasteiger charge is 2.60. The predicted octanol–water partition coefficient (Wildman–Crippen LogP) is 3.38. The Morgan fingerprint density at radius 2 is 2.10 bits per heavy atom. The number of anilines is 1. The largest absolute Gasteiger partial charge is 0.315 e. The molecule has 1 saturated carbocycles. The van der Waals surface area contributed by atoms with Gasteiger partial charge in [0, 0.05) is 23.8 Å². The normalized spacial score (nSPS) is 22.8. The van der Waals surface area contributed by atoms with E-state index in [4.69, 9.17) is 5.26 Å². The van der Waals surface area contributed by atoms with Crippen LogP contribution in [0, 0.1) is 23.1 Å². The third-order valence-corrected chi connectivity index (χ3v) is 7.16. The fourth-order valence-corrected chi connectivity index (χ4v) is 5.70. The van der Waals surface area contributed by atoms with Gasteiger partial charge in [0.05, 0.1) is 23.9 Å². The molecule has 0 N–H and O–H groups in total. The Hall–Kier alpha value is -2.85. The topological polar surface area (TPSA) is 64.4 Å². The summed E-state index contributed by atoms with van der Waals surface area (Å²) < 4.78 is 14.2. The van der Waals surface area contributed by atoms with Crippen molar-refractivity contribution in [1.29, 1.82) is 5.26 Å². The minimum absolute atomic E-state index is 0.00751. The van der Waals surface area contributed by atoms with Gasteiger partial charge in [-0.2, -0.15) is 5.26 Å². The first-order valence-corrected chi connectivity index (χ1v) is 10.6. The first kappa shape index (κ1) is 18.2. The molecule has 1 unspecified atom stereocenters. The van der Waals surface area contributed by atoms with Gasteiger partial charge in [-0.3, -0.25) is 9.59 Å². The molecule has 5 rings (SSSR count). The average molecular weight is 407 g/mol. The fraction of sp³-hybridized carbons (Fsp3) is 0.318. The molecular weight excluding hydrogens is 389 g/mol. The van der Waals surface area contributed by atoms with Gasteiger partial charge in [-0.15, -0.1) is 11.8 Å². The van der Waals surface area contributed by atoms with Crippen LogP contribution in [0.25, 0.3) is 0 Å².